The molecular weight excluding hydrogens is 286 g/mol. The van der Waals surface area contributed by atoms with Crippen molar-refractivity contribution in [3.05, 3.63) is 17.7 Å². The summed E-state index contributed by atoms with van der Waals surface area (Å²) in [6, 6.07) is 0.666. The number of ether oxygens (including phenoxy) is 1. The lowest BCUT2D eigenvalue weighted by atomic mass is 9.60. The van der Waals surface area contributed by atoms with E-state index in [0.29, 0.717) is 17.6 Å². The monoisotopic (exact) mass is 317 g/mol. The highest BCUT2D eigenvalue weighted by molar-refractivity contribution is 5.11. The third-order valence-corrected chi connectivity index (χ3v) is 6.42. The molecule has 0 bridgehead atoms. The van der Waals surface area contributed by atoms with E-state index in [1.165, 1.54) is 56.5 Å². The molecule has 1 N–H and O–H groups in total. The van der Waals surface area contributed by atoms with Crippen molar-refractivity contribution in [1.29, 1.82) is 0 Å². The molecule has 0 saturated heterocycles. The molecule has 2 atom stereocenters. The van der Waals surface area contributed by atoms with Crippen LogP contribution in [0.15, 0.2) is 6.20 Å². The highest BCUT2D eigenvalue weighted by Gasteiger charge is 2.56. The van der Waals surface area contributed by atoms with Crippen molar-refractivity contribution < 1.29 is 4.74 Å². The highest BCUT2D eigenvalue weighted by Crippen LogP contribution is 2.54. The van der Waals surface area contributed by atoms with Gasteiger partial charge in [-0.05, 0) is 39.0 Å². The minimum absolute atomic E-state index is 0.448. The summed E-state index contributed by atoms with van der Waals surface area (Å²) < 4.78 is 8.38. The molecule has 0 radical (unpaired) electrons. The van der Waals surface area contributed by atoms with Crippen molar-refractivity contribution >= 4 is 0 Å². The van der Waals surface area contributed by atoms with E-state index >= 15 is 0 Å². The van der Waals surface area contributed by atoms with Gasteiger partial charge < -0.3 is 14.6 Å². The maximum atomic E-state index is 6.01. The van der Waals surface area contributed by atoms with Gasteiger partial charge in [0.25, 0.3) is 0 Å². The van der Waals surface area contributed by atoms with Crippen LogP contribution < -0.4 is 5.32 Å². The molecule has 4 heteroatoms. The van der Waals surface area contributed by atoms with E-state index in [1.54, 1.807) is 0 Å². The van der Waals surface area contributed by atoms with E-state index in [-0.39, 0.29) is 0 Å². The molecule has 23 heavy (non-hydrogen) atoms. The van der Waals surface area contributed by atoms with Crippen molar-refractivity contribution in [2.75, 3.05) is 13.2 Å². The fourth-order valence-electron chi connectivity index (χ4n) is 5.14. The van der Waals surface area contributed by atoms with E-state index < -0.39 is 0 Å². The summed E-state index contributed by atoms with van der Waals surface area (Å²) in [7, 11) is 0. The Morgan fingerprint density at radius 3 is 2.96 bits per heavy atom. The second-order valence-corrected chi connectivity index (χ2v) is 7.68. The summed E-state index contributed by atoms with van der Waals surface area (Å²) in [6.45, 7) is 5.21. The minimum atomic E-state index is 0.448. The van der Waals surface area contributed by atoms with Gasteiger partial charge in [-0.2, -0.15) is 0 Å². The first kappa shape index (κ1) is 15.6. The standard InChI is InChI=1S/C19H31N3O/c1-2-23-17-13-16(19(17)9-4-5-10-19)20-11-8-15-14-22-12-6-3-7-18(22)21-15/h14,16-17,20H,2-13H2,1H3/t16-,17+/m1/s1. The molecule has 128 valence electrons. The van der Waals surface area contributed by atoms with Crippen LogP contribution in [-0.4, -0.2) is 34.8 Å². The zero-order chi connectivity index (χ0) is 15.7. The Morgan fingerprint density at radius 1 is 1.30 bits per heavy atom. The minimum Gasteiger partial charge on any atom is -0.378 e. The van der Waals surface area contributed by atoms with Gasteiger partial charge in [0.2, 0.25) is 0 Å². The summed E-state index contributed by atoms with van der Waals surface area (Å²) in [6.07, 6.45) is 14.3. The summed E-state index contributed by atoms with van der Waals surface area (Å²) in [5.41, 5.74) is 1.72. The molecule has 4 nitrogen and oxygen atoms in total. The number of imidazole rings is 1. The summed E-state index contributed by atoms with van der Waals surface area (Å²) in [4.78, 5) is 4.82. The van der Waals surface area contributed by atoms with Gasteiger partial charge in [-0.25, -0.2) is 4.98 Å². The van der Waals surface area contributed by atoms with Crippen LogP contribution in [0.4, 0.5) is 0 Å². The second kappa shape index (κ2) is 6.56. The number of hydrogen-bond acceptors (Lipinski definition) is 3. The van der Waals surface area contributed by atoms with Crippen molar-refractivity contribution in [3.63, 3.8) is 0 Å². The molecule has 3 aliphatic rings. The lowest BCUT2D eigenvalue weighted by molar-refractivity contribution is -0.130. The van der Waals surface area contributed by atoms with E-state index in [0.717, 1.165) is 32.5 Å². The van der Waals surface area contributed by atoms with Gasteiger partial charge >= 0.3 is 0 Å². The van der Waals surface area contributed by atoms with Gasteiger partial charge in [-0.15, -0.1) is 0 Å². The van der Waals surface area contributed by atoms with Crippen LogP contribution in [0.2, 0.25) is 0 Å². The molecule has 1 aromatic heterocycles. The largest absolute Gasteiger partial charge is 0.378 e. The van der Waals surface area contributed by atoms with Gasteiger partial charge in [-0.3, -0.25) is 0 Å². The van der Waals surface area contributed by atoms with Crippen LogP contribution in [0, 0.1) is 5.41 Å². The van der Waals surface area contributed by atoms with Gasteiger partial charge in [0, 0.05) is 50.2 Å². The fraction of sp³-hybridized carbons (Fsp3) is 0.842. The number of fused-ring (bicyclic) bond motifs is 1. The first-order chi connectivity index (χ1) is 11.3. The lowest BCUT2D eigenvalue weighted by Gasteiger charge is -2.54. The maximum absolute atomic E-state index is 6.01. The molecule has 2 saturated carbocycles. The molecule has 2 heterocycles. The zero-order valence-electron chi connectivity index (χ0n) is 14.5. The average Bonchev–Trinajstić information content (AvgIpc) is 3.21. The van der Waals surface area contributed by atoms with E-state index in [2.05, 4.69) is 23.0 Å². The zero-order valence-corrected chi connectivity index (χ0v) is 14.5. The van der Waals surface area contributed by atoms with Crippen molar-refractivity contribution in [2.24, 2.45) is 5.41 Å². The molecule has 2 aliphatic carbocycles. The Labute approximate surface area is 140 Å². The Morgan fingerprint density at radius 2 is 2.17 bits per heavy atom. The maximum Gasteiger partial charge on any atom is 0.108 e. The molecule has 0 aromatic carbocycles. The van der Waals surface area contributed by atoms with E-state index in [1.807, 2.05) is 0 Å². The van der Waals surface area contributed by atoms with Crippen LogP contribution in [0.1, 0.15) is 63.4 Å². The Balaban J connectivity index is 1.30. The third-order valence-electron chi connectivity index (χ3n) is 6.42. The van der Waals surface area contributed by atoms with Crippen LogP contribution in [-0.2, 0) is 24.1 Å². The van der Waals surface area contributed by atoms with Gasteiger partial charge in [-0.1, -0.05) is 12.8 Å². The van der Waals surface area contributed by atoms with E-state index in [4.69, 9.17) is 9.72 Å². The van der Waals surface area contributed by atoms with Crippen molar-refractivity contribution in [3.8, 4) is 0 Å². The van der Waals surface area contributed by atoms with Gasteiger partial charge in [0.15, 0.2) is 0 Å². The normalized spacial score (nSPS) is 28.7. The number of rotatable bonds is 6. The molecule has 1 spiro atoms. The summed E-state index contributed by atoms with van der Waals surface area (Å²) >= 11 is 0. The average molecular weight is 317 g/mol. The molecule has 4 rings (SSSR count). The number of nitrogens with zero attached hydrogens (tertiary/aromatic N) is 2. The predicted octanol–water partition coefficient (Wildman–Crippen LogP) is 3.09. The highest BCUT2D eigenvalue weighted by atomic mass is 16.5. The molecule has 0 amide bonds. The van der Waals surface area contributed by atoms with Crippen LogP contribution in [0.25, 0.3) is 0 Å². The van der Waals surface area contributed by atoms with Gasteiger partial charge in [0.1, 0.15) is 5.82 Å². The fourth-order valence-corrected chi connectivity index (χ4v) is 5.14. The van der Waals surface area contributed by atoms with Gasteiger partial charge in [0.05, 0.1) is 11.8 Å². The number of hydrogen-bond donors (Lipinski definition) is 1. The Kier molecular flexibility index (Phi) is 4.46. The SMILES string of the molecule is CCO[C@H]1C[C@@H](NCCc2cn3c(n2)CCCC3)C12CCCC2. The number of aryl methyl sites for hydroxylation is 2. The van der Waals surface area contributed by atoms with Crippen molar-refractivity contribution in [1.82, 2.24) is 14.9 Å². The first-order valence-corrected chi connectivity index (χ1v) is 9.72. The number of nitrogens with one attached hydrogen (secondary N) is 1. The molecular formula is C19H31N3O. The summed E-state index contributed by atoms with van der Waals surface area (Å²) in [5.74, 6) is 1.30. The van der Waals surface area contributed by atoms with Crippen molar-refractivity contribution in [2.45, 2.75) is 83.4 Å². The molecule has 1 aliphatic heterocycles. The summed E-state index contributed by atoms with van der Waals surface area (Å²) in [5, 5.41) is 3.84. The molecule has 2 fully saturated rings. The Hall–Kier alpha value is -0.870. The van der Waals surface area contributed by atoms with Crippen LogP contribution in [0.5, 0.6) is 0 Å². The molecule has 1 aromatic rings. The predicted molar refractivity (Wildman–Crippen MR) is 91.6 cm³/mol. The number of aromatic nitrogens is 2. The first-order valence-electron chi connectivity index (χ1n) is 9.72. The Bertz CT molecular complexity index is 509. The third kappa shape index (κ3) is 2.85. The van der Waals surface area contributed by atoms with E-state index in [9.17, 15) is 0 Å². The lowest BCUT2D eigenvalue weighted by Crippen LogP contribution is -2.62. The quantitative estimate of drug-likeness (QED) is 0.876. The molecule has 0 unspecified atom stereocenters. The second-order valence-electron chi connectivity index (χ2n) is 7.68. The van der Waals surface area contributed by atoms with Crippen LogP contribution in [0.3, 0.4) is 0 Å². The van der Waals surface area contributed by atoms with Crippen LogP contribution >= 0.6 is 0 Å². The smallest absolute Gasteiger partial charge is 0.108 e. The topological polar surface area (TPSA) is 39.1 Å².